The number of fused-ring (bicyclic) bond motifs is 1. The van der Waals surface area contributed by atoms with Gasteiger partial charge in [0.05, 0.1) is 34.9 Å². The summed E-state index contributed by atoms with van der Waals surface area (Å²) in [6, 6.07) is 11.5. The molecule has 138 valence electrons. The Kier molecular flexibility index (Phi) is 4.36. The van der Waals surface area contributed by atoms with Gasteiger partial charge in [-0.3, -0.25) is 19.3 Å². The highest BCUT2D eigenvalue weighted by atomic mass is 35.5. The lowest BCUT2D eigenvalue weighted by atomic mass is 10.1. The number of hydrogen-bond donors (Lipinski definition) is 0. The molecule has 1 unspecified atom stereocenters. The molecule has 0 radical (unpaired) electrons. The molecule has 2 heterocycles. The topological polar surface area (TPSA) is 66.9 Å². The van der Waals surface area contributed by atoms with Crippen LogP contribution in [0.5, 0.6) is 5.75 Å². The van der Waals surface area contributed by atoms with Crippen LogP contribution in [0.4, 0.5) is 0 Å². The first-order valence-corrected chi connectivity index (χ1v) is 8.99. The normalized spacial score (nSPS) is 18.8. The van der Waals surface area contributed by atoms with E-state index in [1.54, 1.807) is 47.4 Å². The van der Waals surface area contributed by atoms with Gasteiger partial charge in [-0.1, -0.05) is 29.8 Å². The highest BCUT2D eigenvalue weighted by Gasteiger charge is 2.44. The predicted molar refractivity (Wildman–Crippen MR) is 99.3 cm³/mol. The van der Waals surface area contributed by atoms with Crippen LogP contribution in [0, 0.1) is 0 Å². The molecule has 27 heavy (non-hydrogen) atoms. The molecule has 1 saturated heterocycles. The number of amides is 3. The third-order valence-electron chi connectivity index (χ3n) is 5.05. The van der Waals surface area contributed by atoms with Gasteiger partial charge in [-0.05, 0) is 30.7 Å². The highest BCUT2D eigenvalue weighted by Crippen LogP contribution is 2.33. The van der Waals surface area contributed by atoms with E-state index in [2.05, 4.69) is 0 Å². The van der Waals surface area contributed by atoms with Crippen molar-refractivity contribution in [1.29, 1.82) is 0 Å². The van der Waals surface area contributed by atoms with Gasteiger partial charge >= 0.3 is 0 Å². The van der Waals surface area contributed by atoms with Crippen molar-refractivity contribution >= 4 is 29.3 Å². The van der Waals surface area contributed by atoms with E-state index in [-0.39, 0.29) is 28.4 Å². The summed E-state index contributed by atoms with van der Waals surface area (Å²) in [4.78, 5) is 41.2. The molecule has 0 bridgehead atoms. The summed E-state index contributed by atoms with van der Waals surface area (Å²) >= 11 is 6.12. The zero-order valence-electron chi connectivity index (χ0n) is 14.6. The zero-order valence-corrected chi connectivity index (χ0v) is 15.4. The van der Waals surface area contributed by atoms with Crippen molar-refractivity contribution in [3.63, 3.8) is 0 Å². The second-order valence-corrected chi connectivity index (χ2v) is 6.94. The summed E-state index contributed by atoms with van der Waals surface area (Å²) in [5.74, 6) is -0.422. The monoisotopic (exact) mass is 384 g/mol. The second-order valence-electron chi connectivity index (χ2n) is 6.54. The van der Waals surface area contributed by atoms with Gasteiger partial charge in [-0.2, -0.15) is 0 Å². The third kappa shape index (κ3) is 2.77. The molecule has 0 aromatic heterocycles. The number of rotatable bonds is 3. The summed E-state index contributed by atoms with van der Waals surface area (Å²) in [7, 11) is 1.52. The molecule has 6 nitrogen and oxygen atoms in total. The standard InChI is InChI=1S/C20H17ClN2O4/c1-27-16-8-3-2-5-13(16)18(24)22-10-9-12(11-22)23-19(25)14-6-4-7-15(21)17(14)20(23)26/h2-8,12H,9-11H2,1H3. The molecule has 2 aromatic carbocycles. The zero-order chi connectivity index (χ0) is 19.1. The number of halogens is 1. The number of hydrogen-bond acceptors (Lipinski definition) is 4. The van der Waals surface area contributed by atoms with E-state index in [1.807, 2.05) is 0 Å². The van der Waals surface area contributed by atoms with E-state index in [0.717, 1.165) is 0 Å². The van der Waals surface area contributed by atoms with Crippen LogP contribution >= 0.6 is 11.6 Å². The first kappa shape index (κ1) is 17.5. The summed E-state index contributed by atoms with van der Waals surface area (Å²) in [6.45, 7) is 0.753. The minimum atomic E-state index is -0.391. The van der Waals surface area contributed by atoms with Crippen LogP contribution in [-0.4, -0.2) is 53.8 Å². The smallest absolute Gasteiger partial charge is 0.263 e. The Morgan fingerprint density at radius 1 is 1.11 bits per heavy atom. The van der Waals surface area contributed by atoms with Crippen LogP contribution in [0.3, 0.4) is 0 Å². The average molecular weight is 385 g/mol. The maximum absolute atomic E-state index is 12.9. The maximum atomic E-state index is 12.9. The molecule has 0 N–H and O–H groups in total. The van der Waals surface area contributed by atoms with Gasteiger partial charge in [0.1, 0.15) is 5.75 Å². The number of ether oxygens (including phenoxy) is 1. The van der Waals surface area contributed by atoms with Crippen molar-refractivity contribution in [2.75, 3.05) is 20.2 Å². The first-order chi connectivity index (χ1) is 13.0. The van der Waals surface area contributed by atoms with Crippen LogP contribution in [0.15, 0.2) is 42.5 Å². The van der Waals surface area contributed by atoms with Crippen LogP contribution in [0.25, 0.3) is 0 Å². The van der Waals surface area contributed by atoms with Gasteiger partial charge in [-0.25, -0.2) is 0 Å². The number of nitrogens with zero attached hydrogens (tertiary/aromatic N) is 2. The van der Waals surface area contributed by atoms with Gasteiger partial charge in [0.2, 0.25) is 0 Å². The van der Waals surface area contributed by atoms with Crippen LogP contribution < -0.4 is 4.74 Å². The van der Waals surface area contributed by atoms with E-state index in [1.165, 1.54) is 12.0 Å². The Balaban J connectivity index is 1.56. The number of carbonyl (C=O) groups is 3. The van der Waals surface area contributed by atoms with Crippen LogP contribution in [-0.2, 0) is 0 Å². The Hall–Kier alpha value is -2.86. The first-order valence-electron chi connectivity index (χ1n) is 8.61. The number of benzene rings is 2. The van der Waals surface area contributed by atoms with E-state index in [0.29, 0.717) is 36.4 Å². The van der Waals surface area contributed by atoms with E-state index >= 15 is 0 Å². The maximum Gasteiger partial charge on any atom is 0.263 e. The lowest BCUT2D eigenvalue weighted by Crippen LogP contribution is -2.42. The lowest BCUT2D eigenvalue weighted by molar-refractivity contribution is 0.0574. The summed E-state index contributed by atoms with van der Waals surface area (Å²) in [6.07, 6.45) is 0.532. The predicted octanol–water partition coefficient (Wildman–Crippen LogP) is 2.86. The van der Waals surface area contributed by atoms with E-state index in [4.69, 9.17) is 16.3 Å². The van der Waals surface area contributed by atoms with Crippen molar-refractivity contribution in [1.82, 2.24) is 9.80 Å². The summed E-state index contributed by atoms with van der Waals surface area (Å²) in [5, 5.41) is 0.272. The molecule has 1 atom stereocenters. The average Bonchev–Trinajstić information content (AvgIpc) is 3.25. The number of carbonyl (C=O) groups excluding carboxylic acids is 3. The van der Waals surface area contributed by atoms with E-state index in [9.17, 15) is 14.4 Å². The molecule has 0 saturated carbocycles. The number of imide groups is 1. The molecule has 3 amide bonds. The second kappa shape index (κ2) is 6.70. The van der Waals surface area contributed by atoms with Crippen LogP contribution in [0.1, 0.15) is 37.5 Å². The van der Waals surface area contributed by atoms with Gasteiger partial charge in [0.15, 0.2) is 0 Å². The number of methoxy groups -OCH3 is 1. The van der Waals surface area contributed by atoms with Crippen LogP contribution in [0.2, 0.25) is 5.02 Å². The highest BCUT2D eigenvalue weighted by molar-refractivity contribution is 6.37. The Labute approximate surface area is 161 Å². The minimum Gasteiger partial charge on any atom is -0.496 e. The Morgan fingerprint density at radius 2 is 1.89 bits per heavy atom. The van der Waals surface area contributed by atoms with Crippen molar-refractivity contribution in [2.45, 2.75) is 12.5 Å². The molecule has 2 aliphatic rings. The Bertz CT molecular complexity index is 959. The van der Waals surface area contributed by atoms with Gasteiger partial charge in [0.25, 0.3) is 17.7 Å². The molecule has 4 rings (SSSR count). The third-order valence-corrected chi connectivity index (χ3v) is 5.36. The lowest BCUT2D eigenvalue weighted by Gasteiger charge is -2.23. The largest absolute Gasteiger partial charge is 0.496 e. The fourth-order valence-corrected chi connectivity index (χ4v) is 3.98. The summed E-state index contributed by atoms with van der Waals surface area (Å²) < 4.78 is 5.26. The SMILES string of the molecule is COc1ccccc1C(=O)N1CCC(N2C(=O)c3cccc(Cl)c3C2=O)C1. The molecule has 2 aromatic rings. The van der Waals surface area contributed by atoms with Gasteiger partial charge in [0, 0.05) is 13.1 Å². The van der Waals surface area contributed by atoms with Crippen molar-refractivity contribution in [3.05, 3.63) is 64.2 Å². The molecular weight excluding hydrogens is 368 g/mol. The number of likely N-dealkylation sites (tertiary alicyclic amines) is 1. The summed E-state index contributed by atoms with van der Waals surface area (Å²) in [5.41, 5.74) is 1.03. The van der Waals surface area contributed by atoms with Crippen molar-refractivity contribution < 1.29 is 19.1 Å². The van der Waals surface area contributed by atoms with E-state index < -0.39 is 5.91 Å². The molecule has 2 aliphatic heterocycles. The van der Waals surface area contributed by atoms with Gasteiger partial charge < -0.3 is 9.64 Å². The minimum absolute atomic E-state index is 0.176. The quantitative estimate of drug-likeness (QED) is 0.763. The molecular formula is C20H17ClN2O4. The molecule has 0 aliphatic carbocycles. The molecule has 7 heteroatoms. The fraction of sp³-hybridized carbons (Fsp3) is 0.250. The van der Waals surface area contributed by atoms with Gasteiger partial charge in [-0.15, -0.1) is 0 Å². The number of para-hydroxylation sites is 1. The molecule has 1 fully saturated rings. The molecule has 0 spiro atoms. The van der Waals surface area contributed by atoms with Crippen molar-refractivity contribution in [3.8, 4) is 5.75 Å². The fourth-order valence-electron chi connectivity index (χ4n) is 3.72. The Morgan fingerprint density at radius 3 is 2.63 bits per heavy atom. The van der Waals surface area contributed by atoms with Crippen molar-refractivity contribution in [2.24, 2.45) is 0 Å².